The van der Waals surface area contributed by atoms with Gasteiger partial charge in [-0.15, -0.1) is 0 Å². The Labute approximate surface area is 119 Å². The number of nitriles is 1. The minimum Gasteiger partial charge on any atom is -0.348 e. The van der Waals surface area contributed by atoms with Crippen LogP contribution >= 0.6 is 11.6 Å². The Bertz CT molecular complexity index is 489. The molecule has 0 saturated carbocycles. The Morgan fingerprint density at radius 1 is 1.47 bits per heavy atom. The fourth-order valence-corrected chi connectivity index (χ4v) is 2.17. The van der Waals surface area contributed by atoms with E-state index in [9.17, 15) is 10.1 Å². The van der Waals surface area contributed by atoms with Gasteiger partial charge in [0, 0.05) is 5.02 Å². The maximum atomic E-state index is 12.3. The third-order valence-corrected chi connectivity index (χ3v) is 3.79. The summed E-state index contributed by atoms with van der Waals surface area (Å²) in [6, 6.07) is 9.33. The highest BCUT2D eigenvalue weighted by atomic mass is 35.5. The van der Waals surface area contributed by atoms with Gasteiger partial charge in [-0.25, -0.2) is 0 Å². The maximum absolute atomic E-state index is 12.3. The number of benzene rings is 1. The van der Waals surface area contributed by atoms with Crippen molar-refractivity contribution in [2.75, 3.05) is 0 Å². The summed E-state index contributed by atoms with van der Waals surface area (Å²) in [7, 11) is 0. The molecule has 1 atom stereocenters. The second-order valence-corrected chi connectivity index (χ2v) is 5.09. The lowest BCUT2D eigenvalue weighted by Gasteiger charge is -2.25. The molecule has 1 aromatic rings. The Morgan fingerprint density at radius 2 is 2.11 bits per heavy atom. The van der Waals surface area contributed by atoms with Crippen LogP contribution in [0.3, 0.4) is 0 Å². The van der Waals surface area contributed by atoms with Gasteiger partial charge in [-0.1, -0.05) is 37.6 Å². The van der Waals surface area contributed by atoms with E-state index in [2.05, 4.69) is 11.4 Å². The van der Waals surface area contributed by atoms with Crippen LogP contribution in [0.4, 0.5) is 0 Å². The molecule has 0 aromatic heterocycles. The molecule has 0 spiro atoms. The van der Waals surface area contributed by atoms with Gasteiger partial charge in [0.1, 0.15) is 5.41 Å². The molecule has 102 valence electrons. The standard InChI is InChI=1S/C15H19ClN2O/c1-4-15(5-2,10-17)14(19)18-11(3)12-7-6-8-13(16)9-12/h6-9,11H,4-5H2,1-3H3,(H,18,19). The van der Waals surface area contributed by atoms with Gasteiger partial charge >= 0.3 is 0 Å². The molecule has 4 heteroatoms. The lowest BCUT2D eigenvalue weighted by atomic mass is 9.82. The van der Waals surface area contributed by atoms with E-state index in [0.29, 0.717) is 17.9 Å². The Morgan fingerprint density at radius 3 is 2.58 bits per heavy atom. The fourth-order valence-electron chi connectivity index (χ4n) is 1.97. The third-order valence-electron chi connectivity index (χ3n) is 3.55. The highest BCUT2D eigenvalue weighted by molar-refractivity contribution is 6.30. The summed E-state index contributed by atoms with van der Waals surface area (Å²) in [5.41, 5.74) is -0.00720. The Kier molecular flexibility index (Phi) is 5.38. The summed E-state index contributed by atoms with van der Waals surface area (Å²) in [4.78, 5) is 12.3. The van der Waals surface area contributed by atoms with Crippen molar-refractivity contribution in [2.24, 2.45) is 5.41 Å². The quantitative estimate of drug-likeness (QED) is 0.889. The summed E-state index contributed by atoms with van der Waals surface area (Å²) in [5.74, 6) is -0.215. The maximum Gasteiger partial charge on any atom is 0.240 e. The van der Waals surface area contributed by atoms with Crippen molar-refractivity contribution in [1.29, 1.82) is 5.26 Å². The minimum absolute atomic E-state index is 0.169. The Hall–Kier alpha value is -1.53. The minimum atomic E-state index is -0.938. The number of carbonyl (C=O) groups excluding carboxylic acids is 1. The molecule has 0 aliphatic rings. The zero-order valence-corrected chi connectivity index (χ0v) is 12.3. The van der Waals surface area contributed by atoms with Gasteiger partial charge in [-0.3, -0.25) is 4.79 Å². The zero-order valence-electron chi connectivity index (χ0n) is 11.5. The lowest BCUT2D eigenvalue weighted by molar-refractivity contribution is -0.129. The number of halogens is 1. The van der Waals surface area contributed by atoms with E-state index >= 15 is 0 Å². The van der Waals surface area contributed by atoms with Crippen LogP contribution in [0.5, 0.6) is 0 Å². The van der Waals surface area contributed by atoms with E-state index in [0.717, 1.165) is 5.56 Å². The number of hydrogen-bond acceptors (Lipinski definition) is 2. The van der Waals surface area contributed by atoms with Crippen LogP contribution in [-0.2, 0) is 4.79 Å². The van der Waals surface area contributed by atoms with Gasteiger partial charge in [0.25, 0.3) is 0 Å². The molecule has 1 rings (SSSR count). The van der Waals surface area contributed by atoms with Crippen molar-refractivity contribution < 1.29 is 4.79 Å². The topological polar surface area (TPSA) is 52.9 Å². The predicted molar refractivity (Wildman–Crippen MR) is 76.6 cm³/mol. The summed E-state index contributed by atoms with van der Waals surface area (Å²) in [6.45, 7) is 5.60. The van der Waals surface area contributed by atoms with Gasteiger partial charge in [0.05, 0.1) is 12.1 Å². The second-order valence-electron chi connectivity index (χ2n) is 4.65. The van der Waals surface area contributed by atoms with Gasteiger partial charge in [-0.2, -0.15) is 5.26 Å². The highest BCUT2D eigenvalue weighted by Gasteiger charge is 2.35. The smallest absolute Gasteiger partial charge is 0.240 e. The first-order chi connectivity index (χ1) is 8.99. The van der Waals surface area contributed by atoms with Crippen LogP contribution in [0, 0.1) is 16.7 Å². The largest absolute Gasteiger partial charge is 0.348 e. The molecule has 0 aliphatic heterocycles. The molecule has 0 fully saturated rings. The van der Waals surface area contributed by atoms with Crippen molar-refractivity contribution >= 4 is 17.5 Å². The molecule has 1 unspecified atom stereocenters. The van der Waals surface area contributed by atoms with Crippen molar-refractivity contribution in [3.63, 3.8) is 0 Å². The number of nitrogens with zero attached hydrogens (tertiary/aromatic N) is 1. The van der Waals surface area contributed by atoms with E-state index < -0.39 is 5.41 Å². The van der Waals surface area contributed by atoms with E-state index in [1.807, 2.05) is 39.0 Å². The average molecular weight is 279 g/mol. The molecule has 1 N–H and O–H groups in total. The second kappa shape index (κ2) is 6.58. The van der Waals surface area contributed by atoms with Crippen molar-refractivity contribution in [3.8, 4) is 6.07 Å². The highest BCUT2D eigenvalue weighted by Crippen LogP contribution is 2.27. The van der Waals surface area contributed by atoms with Crippen LogP contribution in [0.2, 0.25) is 5.02 Å². The van der Waals surface area contributed by atoms with Crippen molar-refractivity contribution in [2.45, 2.75) is 39.7 Å². The number of hydrogen-bond donors (Lipinski definition) is 1. The molecule has 0 heterocycles. The van der Waals surface area contributed by atoms with Crippen LogP contribution in [-0.4, -0.2) is 5.91 Å². The van der Waals surface area contributed by atoms with E-state index in [1.165, 1.54) is 0 Å². The number of carbonyl (C=O) groups is 1. The SMILES string of the molecule is CCC(C#N)(CC)C(=O)NC(C)c1cccc(Cl)c1. The van der Waals surface area contributed by atoms with Crippen LogP contribution < -0.4 is 5.32 Å². The zero-order chi connectivity index (χ0) is 14.5. The van der Waals surface area contributed by atoms with Crippen LogP contribution in [0.25, 0.3) is 0 Å². The first kappa shape index (κ1) is 15.5. The Balaban J connectivity index is 2.85. The van der Waals surface area contributed by atoms with Gasteiger partial charge < -0.3 is 5.32 Å². The molecule has 0 saturated heterocycles. The number of nitrogens with one attached hydrogen (secondary N) is 1. The van der Waals surface area contributed by atoms with E-state index in [4.69, 9.17) is 11.6 Å². The monoisotopic (exact) mass is 278 g/mol. The predicted octanol–water partition coefficient (Wildman–Crippen LogP) is 3.85. The summed E-state index contributed by atoms with van der Waals surface area (Å²) < 4.78 is 0. The number of amides is 1. The molecule has 0 aliphatic carbocycles. The van der Waals surface area contributed by atoms with E-state index in [1.54, 1.807) is 6.07 Å². The van der Waals surface area contributed by atoms with Crippen molar-refractivity contribution in [1.82, 2.24) is 5.32 Å². The summed E-state index contributed by atoms with van der Waals surface area (Å²) >= 11 is 5.93. The molecule has 19 heavy (non-hydrogen) atoms. The molecule has 0 bridgehead atoms. The molecular formula is C15H19ClN2O. The van der Waals surface area contributed by atoms with Crippen LogP contribution in [0.1, 0.15) is 45.2 Å². The summed E-state index contributed by atoms with van der Waals surface area (Å²) in [5, 5.41) is 12.8. The first-order valence-electron chi connectivity index (χ1n) is 6.46. The molecular weight excluding hydrogens is 260 g/mol. The van der Waals surface area contributed by atoms with Gasteiger partial charge in [0.15, 0.2) is 0 Å². The number of rotatable bonds is 5. The lowest BCUT2D eigenvalue weighted by Crippen LogP contribution is -2.40. The fraction of sp³-hybridized carbons (Fsp3) is 0.467. The van der Waals surface area contributed by atoms with Crippen molar-refractivity contribution in [3.05, 3.63) is 34.9 Å². The molecule has 0 radical (unpaired) electrons. The van der Waals surface area contributed by atoms with Crippen LogP contribution in [0.15, 0.2) is 24.3 Å². The van der Waals surface area contributed by atoms with Gasteiger partial charge in [-0.05, 0) is 37.5 Å². The first-order valence-corrected chi connectivity index (χ1v) is 6.84. The summed E-state index contributed by atoms with van der Waals surface area (Å²) in [6.07, 6.45) is 1.02. The normalized spacial score (nSPS) is 12.6. The third kappa shape index (κ3) is 3.48. The average Bonchev–Trinajstić information content (AvgIpc) is 2.41. The molecule has 1 amide bonds. The molecule has 3 nitrogen and oxygen atoms in total. The van der Waals surface area contributed by atoms with E-state index in [-0.39, 0.29) is 11.9 Å². The van der Waals surface area contributed by atoms with Gasteiger partial charge in [0.2, 0.25) is 5.91 Å². The molecule has 1 aromatic carbocycles.